The van der Waals surface area contributed by atoms with E-state index in [1.54, 1.807) is 25.3 Å². The van der Waals surface area contributed by atoms with Crippen LogP contribution in [0.15, 0.2) is 41.1 Å². The molecule has 7 heteroatoms. The van der Waals surface area contributed by atoms with Crippen LogP contribution >= 0.6 is 0 Å². The highest BCUT2D eigenvalue weighted by atomic mass is 16.4. The molecule has 0 saturated carbocycles. The molecule has 0 aliphatic carbocycles. The fourth-order valence-electron chi connectivity index (χ4n) is 3.42. The summed E-state index contributed by atoms with van der Waals surface area (Å²) in [5.74, 6) is -0.526. The number of piperidine rings is 1. The first-order chi connectivity index (χ1) is 12.5. The summed E-state index contributed by atoms with van der Waals surface area (Å²) in [4.78, 5) is 32.1. The molecule has 2 aromatic heterocycles. The third-order valence-corrected chi connectivity index (χ3v) is 4.85. The Bertz CT molecular complexity index is 774. The number of hydrogen-bond donors (Lipinski definition) is 1. The predicted molar refractivity (Wildman–Crippen MR) is 94.6 cm³/mol. The summed E-state index contributed by atoms with van der Waals surface area (Å²) < 4.78 is 5.38. The molecule has 1 N–H and O–H groups in total. The number of carboxylic acids is 1. The van der Waals surface area contributed by atoms with E-state index in [1.807, 2.05) is 25.4 Å². The monoisotopic (exact) mass is 357 g/mol. The van der Waals surface area contributed by atoms with Crippen LogP contribution in [0.2, 0.25) is 0 Å². The predicted octanol–water partition coefficient (Wildman–Crippen LogP) is 2.17. The summed E-state index contributed by atoms with van der Waals surface area (Å²) in [5.41, 5.74) is 1.08. The van der Waals surface area contributed by atoms with Crippen LogP contribution in [0.4, 0.5) is 0 Å². The summed E-state index contributed by atoms with van der Waals surface area (Å²) in [6, 6.07) is 6.40. The van der Waals surface area contributed by atoms with E-state index in [2.05, 4.69) is 9.88 Å². The molecule has 2 unspecified atom stereocenters. The molecule has 0 aromatic carbocycles. The largest absolute Gasteiger partial charge is 0.480 e. The Morgan fingerprint density at radius 1 is 1.38 bits per heavy atom. The van der Waals surface area contributed by atoms with Crippen LogP contribution in [0, 0.1) is 6.92 Å². The van der Waals surface area contributed by atoms with Gasteiger partial charge in [0.15, 0.2) is 5.76 Å². The molecule has 3 rings (SSSR count). The molecule has 1 amide bonds. The highest BCUT2D eigenvalue weighted by molar-refractivity contribution is 5.94. The first-order valence-corrected chi connectivity index (χ1v) is 8.65. The van der Waals surface area contributed by atoms with E-state index in [0.29, 0.717) is 31.7 Å². The van der Waals surface area contributed by atoms with Crippen LogP contribution in [0.1, 0.15) is 34.7 Å². The lowest BCUT2D eigenvalue weighted by atomic mass is 9.95. The van der Waals surface area contributed by atoms with E-state index in [0.717, 1.165) is 5.56 Å². The van der Waals surface area contributed by atoms with Gasteiger partial charge in [0.1, 0.15) is 11.8 Å². The van der Waals surface area contributed by atoms with Gasteiger partial charge in [-0.3, -0.25) is 14.7 Å². The van der Waals surface area contributed by atoms with E-state index in [-0.39, 0.29) is 17.7 Å². The summed E-state index contributed by atoms with van der Waals surface area (Å²) in [5, 5.41) is 9.65. The van der Waals surface area contributed by atoms with Crippen LogP contribution in [0.25, 0.3) is 0 Å². The molecule has 7 nitrogen and oxygen atoms in total. The van der Waals surface area contributed by atoms with E-state index in [1.165, 1.54) is 4.90 Å². The topological polar surface area (TPSA) is 86.9 Å². The van der Waals surface area contributed by atoms with Crippen LogP contribution in [-0.2, 0) is 11.3 Å². The lowest BCUT2D eigenvalue weighted by Crippen LogP contribution is -2.54. The second kappa shape index (κ2) is 7.70. The van der Waals surface area contributed by atoms with E-state index in [9.17, 15) is 14.7 Å². The van der Waals surface area contributed by atoms with Crippen LogP contribution in [0.3, 0.4) is 0 Å². The number of furan rings is 1. The fourth-order valence-corrected chi connectivity index (χ4v) is 3.42. The average molecular weight is 357 g/mol. The molecule has 2 aromatic rings. The number of hydrogen-bond acceptors (Lipinski definition) is 5. The molecule has 1 fully saturated rings. The van der Waals surface area contributed by atoms with Crippen molar-refractivity contribution in [1.29, 1.82) is 0 Å². The van der Waals surface area contributed by atoms with Crippen LogP contribution in [0.5, 0.6) is 0 Å². The highest BCUT2D eigenvalue weighted by Crippen LogP contribution is 2.25. The molecule has 1 aliphatic heterocycles. The number of carbonyl (C=O) groups excluding carboxylic acids is 1. The van der Waals surface area contributed by atoms with Gasteiger partial charge in [-0.05, 0) is 50.6 Å². The smallest absolute Gasteiger partial charge is 0.326 e. The van der Waals surface area contributed by atoms with Crippen molar-refractivity contribution in [2.24, 2.45) is 0 Å². The summed E-state index contributed by atoms with van der Waals surface area (Å²) >= 11 is 0. The number of nitrogens with zero attached hydrogens (tertiary/aromatic N) is 3. The summed E-state index contributed by atoms with van der Waals surface area (Å²) in [6.45, 7) is 2.83. The average Bonchev–Trinajstić information content (AvgIpc) is 3.07. The molecule has 1 aliphatic rings. The Balaban J connectivity index is 1.69. The van der Waals surface area contributed by atoms with E-state index >= 15 is 0 Å². The molecule has 3 heterocycles. The molecule has 2 atom stereocenters. The number of likely N-dealkylation sites (tertiary alicyclic amines) is 1. The van der Waals surface area contributed by atoms with Gasteiger partial charge in [-0.1, -0.05) is 6.07 Å². The highest BCUT2D eigenvalue weighted by Gasteiger charge is 2.38. The lowest BCUT2D eigenvalue weighted by molar-refractivity contribution is -0.144. The second-order valence-electron chi connectivity index (χ2n) is 6.72. The maximum atomic E-state index is 12.6. The number of aliphatic carboxylic acids is 1. The third-order valence-electron chi connectivity index (χ3n) is 4.85. The zero-order valence-corrected chi connectivity index (χ0v) is 15.0. The number of aromatic nitrogens is 1. The maximum absolute atomic E-state index is 12.6. The van der Waals surface area contributed by atoms with Gasteiger partial charge >= 0.3 is 5.97 Å². The number of amides is 1. The van der Waals surface area contributed by atoms with Gasteiger partial charge in [-0.25, -0.2) is 4.79 Å². The number of aryl methyl sites for hydroxylation is 1. The quantitative estimate of drug-likeness (QED) is 0.882. The van der Waals surface area contributed by atoms with Gasteiger partial charge in [0.05, 0.1) is 0 Å². The van der Waals surface area contributed by atoms with Crippen LogP contribution < -0.4 is 0 Å². The van der Waals surface area contributed by atoms with Crippen molar-refractivity contribution in [3.8, 4) is 0 Å². The zero-order valence-electron chi connectivity index (χ0n) is 15.0. The molecular weight excluding hydrogens is 334 g/mol. The minimum Gasteiger partial charge on any atom is -0.480 e. The van der Waals surface area contributed by atoms with Crippen molar-refractivity contribution in [3.05, 3.63) is 53.7 Å². The third kappa shape index (κ3) is 3.94. The van der Waals surface area contributed by atoms with Crippen molar-refractivity contribution in [2.75, 3.05) is 13.6 Å². The maximum Gasteiger partial charge on any atom is 0.326 e. The van der Waals surface area contributed by atoms with Gasteiger partial charge in [0.25, 0.3) is 5.91 Å². The Kier molecular flexibility index (Phi) is 5.37. The molecule has 0 radical (unpaired) electrons. The standard InChI is InChI=1S/C19H23N3O4/c1-13-5-6-17(26-13)18(23)22-9-7-15(10-16(22)19(24)25)21(2)12-14-4-3-8-20-11-14/h3-6,8,11,15-16H,7,9-10,12H2,1-2H3,(H,24,25). The number of pyridine rings is 1. The first kappa shape index (κ1) is 18.1. The molecule has 0 bridgehead atoms. The van der Waals surface area contributed by atoms with E-state index < -0.39 is 12.0 Å². The van der Waals surface area contributed by atoms with Crippen LogP contribution in [-0.4, -0.2) is 57.4 Å². The number of rotatable bonds is 5. The van der Waals surface area contributed by atoms with Gasteiger partial charge in [0.2, 0.25) is 0 Å². The zero-order chi connectivity index (χ0) is 18.7. The van der Waals surface area contributed by atoms with Gasteiger partial charge in [-0.15, -0.1) is 0 Å². The molecule has 138 valence electrons. The molecule has 1 saturated heterocycles. The second-order valence-corrected chi connectivity index (χ2v) is 6.72. The van der Waals surface area contributed by atoms with Crippen molar-refractivity contribution in [1.82, 2.24) is 14.8 Å². The minimum absolute atomic E-state index is 0.0821. The summed E-state index contributed by atoms with van der Waals surface area (Å²) in [6.07, 6.45) is 4.64. The number of carbonyl (C=O) groups is 2. The molecule has 26 heavy (non-hydrogen) atoms. The van der Waals surface area contributed by atoms with Crippen molar-refractivity contribution < 1.29 is 19.1 Å². The summed E-state index contributed by atoms with van der Waals surface area (Å²) in [7, 11) is 1.98. The van der Waals surface area contributed by atoms with Gasteiger partial charge < -0.3 is 14.4 Å². The Morgan fingerprint density at radius 3 is 2.81 bits per heavy atom. The Hall–Kier alpha value is -2.67. The SMILES string of the molecule is Cc1ccc(C(=O)N2CCC(N(C)Cc3cccnc3)CC2C(=O)O)o1. The van der Waals surface area contributed by atoms with Crippen molar-refractivity contribution in [2.45, 2.75) is 38.4 Å². The van der Waals surface area contributed by atoms with Crippen molar-refractivity contribution >= 4 is 11.9 Å². The van der Waals surface area contributed by atoms with Crippen molar-refractivity contribution in [3.63, 3.8) is 0 Å². The molecular formula is C19H23N3O4. The fraction of sp³-hybridized carbons (Fsp3) is 0.421. The first-order valence-electron chi connectivity index (χ1n) is 8.65. The lowest BCUT2D eigenvalue weighted by Gasteiger charge is -2.40. The Morgan fingerprint density at radius 2 is 2.19 bits per heavy atom. The Labute approximate surface area is 152 Å². The minimum atomic E-state index is -0.985. The molecule has 0 spiro atoms. The normalized spacial score (nSPS) is 20.3. The number of carboxylic acid groups (broad SMARTS) is 1. The van der Waals surface area contributed by atoms with E-state index in [4.69, 9.17) is 4.42 Å². The van der Waals surface area contributed by atoms with Gasteiger partial charge in [-0.2, -0.15) is 0 Å². The van der Waals surface area contributed by atoms with Gasteiger partial charge in [0, 0.05) is 31.5 Å².